The Balaban J connectivity index is 2.21. The lowest BCUT2D eigenvalue weighted by molar-refractivity contribution is -0.138. The smallest absolute Gasteiger partial charge is 0.347 e. The summed E-state index contributed by atoms with van der Waals surface area (Å²) in [6.07, 6.45) is 2.72. The van der Waals surface area contributed by atoms with E-state index in [1.165, 1.54) is 12.3 Å². The number of halogens is 1. The van der Waals surface area contributed by atoms with Crippen molar-refractivity contribution in [2.75, 3.05) is 6.61 Å². The summed E-state index contributed by atoms with van der Waals surface area (Å²) >= 11 is 6.12. The van der Waals surface area contributed by atoms with E-state index in [2.05, 4.69) is 0 Å². The normalized spacial score (nSPS) is 23.8. The van der Waals surface area contributed by atoms with Gasteiger partial charge in [0.25, 0.3) is 0 Å². The lowest BCUT2D eigenvalue weighted by Gasteiger charge is -2.43. The number of ether oxygens (including phenoxy) is 1. The number of Topliss-reactive ketones (excluding diaryl/α,β-unsaturated/α-hetero) is 1. The Hall–Kier alpha value is -1.69. The van der Waals surface area contributed by atoms with E-state index in [4.69, 9.17) is 16.3 Å². The zero-order valence-corrected chi connectivity index (χ0v) is 13.1. The highest BCUT2D eigenvalue weighted by atomic mass is 35.5. The monoisotopic (exact) mass is 321 g/mol. The molecule has 116 valence electrons. The lowest BCUT2D eigenvalue weighted by Crippen LogP contribution is -2.45. The van der Waals surface area contributed by atoms with Crippen LogP contribution in [0.1, 0.15) is 35.7 Å². The number of carbonyl (C=O) groups excluding carboxylic acids is 2. The minimum Gasteiger partial charge on any atom is -0.622 e. The van der Waals surface area contributed by atoms with Crippen molar-refractivity contribution in [3.8, 4) is 0 Å². The molecular formula is C16H16ClNO4. The van der Waals surface area contributed by atoms with Crippen LogP contribution in [-0.2, 0) is 9.53 Å². The second-order valence-corrected chi connectivity index (χ2v) is 6.01. The fourth-order valence-electron chi connectivity index (χ4n) is 2.87. The molecule has 22 heavy (non-hydrogen) atoms. The number of hydrogen-bond acceptors (Lipinski definition) is 4. The third kappa shape index (κ3) is 2.17. The molecule has 0 amide bonds. The molecule has 1 aliphatic carbocycles. The fraction of sp³-hybridized carbons (Fsp3) is 0.375. The first-order valence-corrected chi connectivity index (χ1v) is 7.61. The maximum Gasteiger partial charge on any atom is 0.347 e. The number of carbonyl (C=O) groups is 2. The van der Waals surface area contributed by atoms with Crippen LogP contribution in [0.4, 0.5) is 5.69 Å². The van der Waals surface area contributed by atoms with Crippen LogP contribution in [0.25, 0.3) is 0 Å². The van der Waals surface area contributed by atoms with E-state index >= 15 is 0 Å². The van der Waals surface area contributed by atoms with Gasteiger partial charge in [-0.2, -0.15) is 0 Å². The molecule has 2 aliphatic rings. The molecule has 1 unspecified atom stereocenters. The van der Waals surface area contributed by atoms with Crippen LogP contribution in [0.3, 0.4) is 0 Å². The average Bonchev–Trinajstić information content (AvgIpc) is 3.31. The molecule has 0 spiro atoms. The van der Waals surface area contributed by atoms with Gasteiger partial charge in [0, 0.05) is 23.4 Å². The van der Waals surface area contributed by atoms with Crippen molar-refractivity contribution < 1.29 is 14.3 Å². The molecule has 1 aromatic carbocycles. The Labute approximate surface area is 133 Å². The molecule has 6 heteroatoms. The quantitative estimate of drug-likeness (QED) is 0.371. The van der Waals surface area contributed by atoms with E-state index < -0.39 is 16.4 Å². The van der Waals surface area contributed by atoms with Gasteiger partial charge in [-0.05, 0) is 26.0 Å². The molecule has 5 nitrogen and oxygen atoms in total. The second kappa shape index (κ2) is 5.19. The molecule has 1 aromatic rings. The van der Waals surface area contributed by atoms with E-state index in [1.54, 1.807) is 19.9 Å². The summed E-state index contributed by atoms with van der Waals surface area (Å²) in [5, 5.41) is 13.8. The topological polar surface area (TPSA) is 66.4 Å². The van der Waals surface area contributed by atoms with E-state index in [0.29, 0.717) is 16.3 Å². The maximum absolute atomic E-state index is 13.4. The van der Waals surface area contributed by atoms with Crippen LogP contribution < -0.4 is 4.65 Å². The van der Waals surface area contributed by atoms with Crippen molar-refractivity contribution in [3.63, 3.8) is 0 Å². The van der Waals surface area contributed by atoms with Gasteiger partial charge >= 0.3 is 5.97 Å². The van der Waals surface area contributed by atoms with Gasteiger partial charge < -0.3 is 9.94 Å². The summed E-state index contributed by atoms with van der Waals surface area (Å²) in [6.45, 7) is 3.53. The van der Waals surface area contributed by atoms with Gasteiger partial charge in [0.2, 0.25) is 5.78 Å². The second-order valence-electron chi connectivity index (χ2n) is 5.60. The summed E-state index contributed by atoms with van der Waals surface area (Å²) in [5.74, 6) is -1.22. The Kier molecular flexibility index (Phi) is 3.59. The van der Waals surface area contributed by atoms with E-state index in [9.17, 15) is 14.8 Å². The molecule has 0 bridgehead atoms. The number of nitrogens with zero attached hydrogens (tertiary/aromatic N) is 1. The Morgan fingerprint density at radius 1 is 1.45 bits per heavy atom. The van der Waals surface area contributed by atoms with Gasteiger partial charge in [-0.15, -0.1) is 0 Å². The third-order valence-electron chi connectivity index (χ3n) is 4.11. The molecule has 1 aliphatic heterocycles. The van der Waals surface area contributed by atoms with Gasteiger partial charge in [-0.3, -0.25) is 9.44 Å². The standard InChI is InChI=1S/C16H16ClNO4/c1-3-22-16(20)12-8-18(21,10-4-5-10)14-9(2)13(17)7-6-11(14)15(12)19/h6-8,10H,3-5H2,1-2H3. The van der Waals surface area contributed by atoms with Crippen LogP contribution in [0.2, 0.25) is 5.02 Å². The van der Waals surface area contributed by atoms with Crippen molar-refractivity contribution >= 4 is 29.0 Å². The Morgan fingerprint density at radius 2 is 2.14 bits per heavy atom. The third-order valence-corrected chi connectivity index (χ3v) is 4.52. The van der Waals surface area contributed by atoms with Crippen LogP contribution in [0.5, 0.6) is 0 Å². The van der Waals surface area contributed by atoms with Gasteiger partial charge in [-0.1, -0.05) is 11.6 Å². The van der Waals surface area contributed by atoms with Gasteiger partial charge in [0.15, 0.2) is 11.3 Å². The Bertz CT molecular complexity index is 708. The molecule has 1 heterocycles. The molecular weight excluding hydrogens is 306 g/mol. The number of ketones is 1. The highest BCUT2D eigenvalue weighted by Crippen LogP contribution is 2.47. The largest absolute Gasteiger partial charge is 0.622 e. The molecule has 1 atom stereocenters. The maximum atomic E-state index is 13.4. The van der Waals surface area contributed by atoms with Crippen molar-refractivity contribution in [2.24, 2.45) is 0 Å². The van der Waals surface area contributed by atoms with Crippen LogP contribution >= 0.6 is 11.6 Å². The zero-order chi connectivity index (χ0) is 16.1. The van der Waals surface area contributed by atoms with Gasteiger partial charge in [0.05, 0.1) is 18.2 Å². The zero-order valence-electron chi connectivity index (χ0n) is 12.4. The summed E-state index contributed by atoms with van der Waals surface area (Å²) in [5.41, 5.74) is 1.01. The first-order chi connectivity index (χ1) is 10.4. The predicted molar refractivity (Wildman–Crippen MR) is 83.4 cm³/mol. The minimum absolute atomic E-state index is 0.151. The number of benzene rings is 1. The van der Waals surface area contributed by atoms with Crippen molar-refractivity contribution in [1.29, 1.82) is 0 Å². The molecule has 1 saturated carbocycles. The number of hydrogen-bond donors (Lipinski definition) is 0. The lowest BCUT2D eigenvalue weighted by atomic mass is 9.94. The molecule has 0 aromatic heterocycles. The molecule has 1 fully saturated rings. The van der Waals surface area contributed by atoms with E-state index in [1.807, 2.05) is 0 Å². The predicted octanol–water partition coefficient (Wildman–Crippen LogP) is 3.26. The fourth-order valence-corrected chi connectivity index (χ4v) is 3.02. The van der Waals surface area contributed by atoms with Crippen molar-refractivity contribution in [1.82, 2.24) is 4.65 Å². The molecule has 3 rings (SSSR count). The van der Waals surface area contributed by atoms with Gasteiger partial charge in [0.1, 0.15) is 6.20 Å². The SMILES string of the molecule is CCOC(=O)C1=C[N+]([O-])(C2CC2)c2c(ccc(Cl)c2C)C1=O. The van der Waals surface area contributed by atoms with Crippen LogP contribution in [-0.4, -0.2) is 24.4 Å². The summed E-state index contributed by atoms with van der Waals surface area (Å²) < 4.78 is 4.11. The number of esters is 1. The first-order valence-electron chi connectivity index (χ1n) is 7.24. The van der Waals surface area contributed by atoms with Crippen LogP contribution in [0, 0.1) is 12.1 Å². The number of fused-ring (bicyclic) bond motifs is 1. The van der Waals surface area contributed by atoms with E-state index in [-0.39, 0.29) is 23.8 Å². The summed E-state index contributed by atoms with van der Waals surface area (Å²) in [6, 6.07) is 2.93. The minimum atomic E-state index is -0.804. The number of quaternary nitrogens is 1. The molecule has 0 radical (unpaired) electrons. The summed E-state index contributed by atoms with van der Waals surface area (Å²) in [4.78, 5) is 24.6. The van der Waals surface area contributed by atoms with Crippen LogP contribution in [0.15, 0.2) is 23.9 Å². The summed E-state index contributed by atoms with van der Waals surface area (Å²) in [7, 11) is 0. The highest BCUT2D eigenvalue weighted by molar-refractivity contribution is 6.33. The average molecular weight is 322 g/mol. The molecule has 0 saturated heterocycles. The Morgan fingerprint density at radius 3 is 2.73 bits per heavy atom. The van der Waals surface area contributed by atoms with E-state index in [0.717, 1.165) is 12.8 Å². The molecule has 0 N–H and O–H groups in total. The van der Waals surface area contributed by atoms with Crippen molar-refractivity contribution in [3.05, 3.63) is 45.3 Å². The highest BCUT2D eigenvalue weighted by Gasteiger charge is 2.47. The first kappa shape index (κ1) is 15.2. The van der Waals surface area contributed by atoms with Crippen molar-refractivity contribution in [2.45, 2.75) is 32.7 Å². The number of rotatable bonds is 3. The van der Waals surface area contributed by atoms with Gasteiger partial charge in [-0.25, -0.2) is 4.79 Å². The number of hydroxylamine groups is 2.